The van der Waals surface area contributed by atoms with Gasteiger partial charge in [-0.15, -0.1) is 0 Å². The molecule has 1 heterocycles. The molecule has 1 heteroatoms. The molecule has 0 aromatic carbocycles. The van der Waals surface area contributed by atoms with Gasteiger partial charge in [0.25, 0.3) is 0 Å². The van der Waals surface area contributed by atoms with Gasteiger partial charge in [0.1, 0.15) is 0 Å². The molecule has 0 N–H and O–H groups in total. The lowest BCUT2D eigenvalue weighted by atomic mass is 9.90. The van der Waals surface area contributed by atoms with E-state index in [1.807, 2.05) is 0 Å². The minimum Gasteiger partial charge on any atom is -0.495 e. The van der Waals surface area contributed by atoms with Gasteiger partial charge in [0, 0.05) is 5.92 Å². The molecule has 0 aliphatic carbocycles. The normalized spacial score (nSPS) is 24.1. The Morgan fingerprint density at radius 1 is 1.15 bits per heavy atom. The van der Waals surface area contributed by atoms with E-state index >= 15 is 0 Å². The van der Waals surface area contributed by atoms with Crippen LogP contribution in [0.3, 0.4) is 0 Å². The van der Waals surface area contributed by atoms with Crippen molar-refractivity contribution in [1.82, 2.24) is 0 Å². The van der Waals surface area contributed by atoms with Crippen LogP contribution < -0.4 is 0 Å². The van der Waals surface area contributed by atoms with E-state index in [1.165, 1.54) is 24.2 Å². The summed E-state index contributed by atoms with van der Waals surface area (Å²) in [5.74, 6) is 2.44. The first-order valence-electron chi connectivity index (χ1n) is 5.42. The van der Waals surface area contributed by atoms with Gasteiger partial charge in [0.2, 0.25) is 0 Å². The maximum absolute atomic E-state index is 5.90. The predicted octanol–water partition coefficient (Wildman–Crippen LogP) is 3.75. The fraction of sp³-hybridized carbons (Fsp3) is 0.833. The fourth-order valence-corrected chi connectivity index (χ4v) is 1.91. The van der Waals surface area contributed by atoms with E-state index in [1.54, 1.807) is 0 Å². The Kier molecular flexibility index (Phi) is 3.40. The quantitative estimate of drug-likeness (QED) is 0.632. The lowest BCUT2D eigenvalue weighted by Crippen LogP contribution is -2.20. The van der Waals surface area contributed by atoms with Crippen molar-refractivity contribution in [3.8, 4) is 0 Å². The van der Waals surface area contributed by atoms with Gasteiger partial charge in [0.15, 0.2) is 0 Å². The number of ether oxygens (including phenoxy) is 1. The number of hydrogen-bond donors (Lipinski definition) is 0. The summed E-state index contributed by atoms with van der Waals surface area (Å²) >= 11 is 0. The van der Waals surface area contributed by atoms with E-state index in [4.69, 9.17) is 4.74 Å². The van der Waals surface area contributed by atoms with Crippen LogP contribution in [0.2, 0.25) is 0 Å². The smallest absolute Gasteiger partial charge is 0.0983 e. The topological polar surface area (TPSA) is 9.23 Å². The van der Waals surface area contributed by atoms with Gasteiger partial charge in [-0.1, -0.05) is 27.7 Å². The van der Waals surface area contributed by atoms with E-state index < -0.39 is 0 Å². The van der Waals surface area contributed by atoms with Gasteiger partial charge >= 0.3 is 0 Å². The summed E-state index contributed by atoms with van der Waals surface area (Å²) in [4.78, 5) is 0. The Morgan fingerprint density at radius 2 is 1.77 bits per heavy atom. The molecule has 76 valence electrons. The molecule has 0 fully saturated rings. The second-order valence-corrected chi connectivity index (χ2v) is 4.67. The summed E-state index contributed by atoms with van der Waals surface area (Å²) in [5, 5.41) is 0. The van der Waals surface area contributed by atoms with E-state index in [0.717, 1.165) is 0 Å². The van der Waals surface area contributed by atoms with Crippen molar-refractivity contribution < 1.29 is 4.74 Å². The highest BCUT2D eigenvalue weighted by Crippen LogP contribution is 2.32. The van der Waals surface area contributed by atoms with Crippen LogP contribution in [0.1, 0.15) is 47.5 Å². The van der Waals surface area contributed by atoms with Gasteiger partial charge in [0.05, 0.1) is 11.9 Å². The highest BCUT2D eigenvalue weighted by Gasteiger charge is 2.22. The van der Waals surface area contributed by atoms with Crippen LogP contribution in [0.25, 0.3) is 0 Å². The Labute approximate surface area is 82.2 Å². The van der Waals surface area contributed by atoms with Crippen molar-refractivity contribution in [2.24, 2.45) is 11.8 Å². The van der Waals surface area contributed by atoms with Crippen LogP contribution in [0, 0.1) is 11.8 Å². The van der Waals surface area contributed by atoms with Crippen molar-refractivity contribution in [2.75, 3.05) is 0 Å². The Morgan fingerprint density at radius 3 is 2.23 bits per heavy atom. The van der Waals surface area contributed by atoms with Gasteiger partial charge < -0.3 is 4.74 Å². The monoisotopic (exact) mass is 182 g/mol. The lowest BCUT2D eigenvalue weighted by Gasteiger charge is -2.30. The van der Waals surface area contributed by atoms with Crippen molar-refractivity contribution in [2.45, 2.75) is 53.6 Å². The van der Waals surface area contributed by atoms with Crippen molar-refractivity contribution in [1.29, 1.82) is 0 Å². The van der Waals surface area contributed by atoms with Gasteiger partial charge in [-0.05, 0) is 31.3 Å². The minimum atomic E-state index is 0.417. The summed E-state index contributed by atoms with van der Waals surface area (Å²) in [6.07, 6.45) is 2.83. The third-order valence-corrected chi connectivity index (χ3v) is 2.69. The molecular formula is C12H22O. The zero-order valence-electron chi connectivity index (χ0n) is 9.55. The summed E-state index contributed by atoms with van der Waals surface area (Å²) in [7, 11) is 0. The molecule has 0 radical (unpaired) electrons. The molecule has 13 heavy (non-hydrogen) atoms. The van der Waals surface area contributed by atoms with Crippen molar-refractivity contribution in [3.63, 3.8) is 0 Å². The van der Waals surface area contributed by atoms with Gasteiger partial charge in [-0.3, -0.25) is 0 Å². The molecule has 0 aromatic heterocycles. The Bertz CT molecular complexity index is 201. The molecule has 1 aliphatic rings. The second kappa shape index (κ2) is 4.17. The van der Waals surface area contributed by atoms with Crippen LogP contribution in [0.4, 0.5) is 0 Å². The molecule has 1 atom stereocenters. The zero-order valence-corrected chi connectivity index (χ0v) is 9.55. The number of allylic oxidation sites excluding steroid dienone is 2. The van der Waals surface area contributed by atoms with Crippen LogP contribution in [0.15, 0.2) is 11.3 Å². The highest BCUT2D eigenvalue weighted by atomic mass is 16.5. The van der Waals surface area contributed by atoms with E-state index in [0.29, 0.717) is 17.9 Å². The molecule has 1 rings (SSSR count). The second-order valence-electron chi connectivity index (χ2n) is 4.67. The average molecular weight is 182 g/mol. The van der Waals surface area contributed by atoms with Gasteiger partial charge in [-0.25, -0.2) is 0 Å². The summed E-state index contributed by atoms with van der Waals surface area (Å²) in [6.45, 7) is 11.1. The average Bonchev–Trinajstić information content (AvgIpc) is 2.03. The van der Waals surface area contributed by atoms with Crippen molar-refractivity contribution in [3.05, 3.63) is 11.3 Å². The fourth-order valence-electron chi connectivity index (χ4n) is 1.91. The standard InChI is InChI=1S/C12H22O/c1-8(2)11-7-6-10(5)13-12(11)9(3)4/h8-10H,6-7H2,1-5H3. The lowest BCUT2D eigenvalue weighted by molar-refractivity contribution is 0.0831. The molecule has 1 aliphatic heterocycles. The number of rotatable bonds is 2. The van der Waals surface area contributed by atoms with Crippen LogP contribution in [-0.2, 0) is 4.74 Å². The Balaban J connectivity index is 2.87. The van der Waals surface area contributed by atoms with Crippen LogP contribution in [-0.4, -0.2) is 6.10 Å². The molecule has 1 unspecified atom stereocenters. The molecule has 0 spiro atoms. The third-order valence-electron chi connectivity index (χ3n) is 2.69. The SMILES string of the molecule is CC1CCC(C(C)C)=C(C(C)C)O1. The largest absolute Gasteiger partial charge is 0.495 e. The van der Waals surface area contributed by atoms with Crippen molar-refractivity contribution >= 4 is 0 Å². The van der Waals surface area contributed by atoms with E-state index in [9.17, 15) is 0 Å². The molecule has 0 aromatic rings. The molecule has 0 saturated carbocycles. The molecular weight excluding hydrogens is 160 g/mol. The molecule has 0 saturated heterocycles. The summed E-state index contributed by atoms with van der Waals surface area (Å²) < 4.78 is 5.90. The third kappa shape index (κ3) is 2.49. The van der Waals surface area contributed by atoms with E-state index in [-0.39, 0.29) is 0 Å². The van der Waals surface area contributed by atoms with Gasteiger partial charge in [-0.2, -0.15) is 0 Å². The maximum atomic E-state index is 5.90. The highest BCUT2D eigenvalue weighted by molar-refractivity contribution is 5.15. The first kappa shape index (κ1) is 10.6. The minimum absolute atomic E-state index is 0.417. The summed E-state index contributed by atoms with van der Waals surface area (Å²) in [6, 6.07) is 0. The van der Waals surface area contributed by atoms with Crippen LogP contribution >= 0.6 is 0 Å². The first-order chi connectivity index (χ1) is 6.02. The molecule has 0 amide bonds. The first-order valence-corrected chi connectivity index (χ1v) is 5.42. The zero-order chi connectivity index (χ0) is 10.0. The Hall–Kier alpha value is -0.460. The van der Waals surface area contributed by atoms with Crippen LogP contribution in [0.5, 0.6) is 0 Å². The summed E-state index contributed by atoms with van der Waals surface area (Å²) in [5.41, 5.74) is 1.54. The predicted molar refractivity (Wildman–Crippen MR) is 56.5 cm³/mol. The molecule has 0 bridgehead atoms. The number of hydrogen-bond acceptors (Lipinski definition) is 1. The maximum Gasteiger partial charge on any atom is 0.0983 e. The molecule has 1 nitrogen and oxygen atoms in total. The van der Waals surface area contributed by atoms with E-state index in [2.05, 4.69) is 34.6 Å².